The number of hydrogen-bond acceptors (Lipinski definition) is 6. The first-order chi connectivity index (χ1) is 13.3. The lowest BCUT2D eigenvalue weighted by Gasteiger charge is -2.51. The summed E-state index contributed by atoms with van der Waals surface area (Å²) >= 11 is 0. The molecule has 0 unspecified atom stereocenters. The van der Waals surface area contributed by atoms with Crippen LogP contribution in [-0.4, -0.2) is 60.8 Å². The Bertz CT molecular complexity index is 821. The van der Waals surface area contributed by atoms with Crippen LogP contribution in [0.5, 0.6) is 11.6 Å². The number of rotatable bonds is 4. The average molecular weight is 366 g/mol. The monoisotopic (exact) mass is 366 g/mol. The number of methoxy groups -OCH3 is 2. The molecule has 0 N–H and O–H groups in total. The number of ether oxygens (including phenoxy) is 2. The number of nitrogens with zero attached hydrogens (tertiary/aromatic N) is 4. The van der Waals surface area contributed by atoms with Gasteiger partial charge in [-0.3, -0.25) is 4.90 Å². The van der Waals surface area contributed by atoms with E-state index in [1.165, 1.54) is 31.5 Å². The smallest absolute Gasteiger partial charge is 0.218 e. The van der Waals surface area contributed by atoms with Gasteiger partial charge in [0, 0.05) is 36.2 Å². The SMILES string of the molecule is COc1cc(N2C[C@H](c3ccccc3OC)[C@H]3[C@@H]2C2CCN3CC2)ncn1. The fourth-order valence-corrected chi connectivity index (χ4v) is 5.53. The summed E-state index contributed by atoms with van der Waals surface area (Å²) in [6.07, 6.45) is 4.16. The molecule has 4 aliphatic rings. The van der Waals surface area contributed by atoms with Crippen LogP contribution in [0.25, 0.3) is 0 Å². The quantitative estimate of drug-likeness (QED) is 0.829. The average Bonchev–Trinajstić information content (AvgIpc) is 3.17. The lowest BCUT2D eigenvalue weighted by atomic mass is 9.75. The Hall–Kier alpha value is -2.34. The van der Waals surface area contributed by atoms with Crippen LogP contribution in [0, 0.1) is 5.92 Å². The first-order valence-corrected chi connectivity index (χ1v) is 9.80. The molecule has 4 saturated heterocycles. The van der Waals surface area contributed by atoms with Gasteiger partial charge < -0.3 is 14.4 Å². The van der Waals surface area contributed by atoms with Crippen LogP contribution in [0.1, 0.15) is 24.3 Å². The molecule has 0 saturated carbocycles. The van der Waals surface area contributed by atoms with E-state index in [-0.39, 0.29) is 0 Å². The van der Waals surface area contributed by atoms with Gasteiger partial charge in [0.2, 0.25) is 5.88 Å². The molecule has 4 aliphatic heterocycles. The van der Waals surface area contributed by atoms with Crippen molar-refractivity contribution in [3.63, 3.8) is 0 Å². The van der Waals surface area contributed by atoms with Gasteiger partial charge in [0.1, 0.15) is 17.9 Å². The Morgan fingerprint density at radius 3 is 2.59 bits per heavy atom. The first kappa shape index (κ1) is 16.8. The Kier molecular flexibility index (Phi) is 4.16. The van der Waals surface area contributed by atoms with Gasteiger partial charge in [-0.25, -0.2) is 9.97 Å². The zero-order chi connectivity index (χ0) is 18.4. The normalized spacial score (nSPS) is 31.6. The van der Waals surface area contributed by atoms with Crippen LogP contribution in [-0.2, 0) is 0 Å². The Morgan fingerprint density at radius 2 is 1.81 bits per heavy atom. The molecule has 3 atom stereocenters. The zero-order valence-electron chi connectivity index (χ0n) is 15.9. The molecule has 6 heteroatoms. The van der Waals surface area contributed by atoms with Gasteiger partial charge in [-0.1, -0.05) is 18.2 Å². The van der Waals surface area contributed by atoms with Crippen molar-refractivity contribution in [1.29, 1.82) is 0 Å². The van der Waals surface area contributed by atoms with Crippen LogP contribution in [0.15, 0.2) is 36.7 Å². The highest BCUT2D eigenvalue weighted by molar-refractivity contribution is 5.50. The van der Waals surface area contributed by atoms with Crippen molar-refractivity contribution in [1.82, 2.24) is 14.9 Å². The van der Waals surface area contributed by atoms with E-state index in [0.717, 1.165) is 24.0 Å². The van der Waals surface area contributed by atoms with Gasteiger partial charge in [0.15, 0.2) is 0 Å². The third-order valence-corrected chi connectivity index (χ3v) is 6.66. The molecule has 6 rings (SSSR count). The molecule has 0 aliphatic carbocycles. The third-order valence-electron chi connectivity index (χ3n) is 6.66. The molecule has 6 nitrogen and oxygen atoms in total. The molecule has 5 heterocycles. The van der Waals surface area contributed by atoms with Crippen molar-refractivity contribution >= 4 is 5.82 Å². The Balaban J connectivity index is 1.57. The fourth-order valence-electron chi connectivity index (χ4n) is 5.53. The van der Waals surface area contributed by atoms with Crippen molar-refractivity contribution in [3.05, 3.63) is 42.2 Å². The highest BCUT2D eigenvalue weighted by Gasteiger charge is 2.54. The van der Waals surface area contributed by atoms with Crippen molar-refractivity contribution in [3.8, 4) is 11.6 Å². The van der Waals surface area contributed by atoms with Crippen molar-refractivity contribution in [2.24, 2.45) is 5.92 Å². The summed E-state index contributed by atoms with van der Waals surface area (Å²) in [4.78, 5) is 14.0. The van der Waals surface area contributed by atoms with Crippen LogP contribution < -0.4 is 14.4 Å². The maximum atomic E-state index is 5.71. The Morgan fingerprint density at radius 1 is 1.00 bits per heavy atom. The third kappa shape index (κ3) is 2.65. The Labute approximate surface area is 160 Å². The van der Waals surface area contributed by atoms with Gasteiger partial charge >= 0.3 is 0 Å². The predicted molar refractivity (Wildman–Crippen MR) is 104 cm³/mol. The second-order valence-corrected chi connectivity index (χ2v) is 7.77. The molecule has 27 heavy (non-hydrogen) atoms. The van der Waals surface area contributed by atoms with Gasteiger partial charge in [0.25, 0.3) is 0 Å². The summed E-state index contributed by atoms with van der Waals surface area (Å²) < 4.78 is 11.1. The van der Waals surface area contributed by atoms with Crippen LogP contribution in [0.3, 0.4) is 0 Å². The largest absolute Gasteiger partial charge is 0.496 e. The molecule has 2 aromatic rings. The van der Waals surface area contributed by atoms with Crippen molar-refractivity contribution < 1.29 is 9.47 Å². The molecular formula is C21H26N4O2. The van der Waals surface area contributed by atoms with Gasteiger partial charge in [-0.2, -0.15) is 0 Å². The molecule has 0 spiro atoms. The lowest BCUT2D eigenvalue weighted by molar-refractivity contribution is 0.0352. The molecule has 4 fully saturated rings. The van der Waals surface area contributed by atoms with E-state index >= 15 is 0 Å². The first-order valence-electron chi connectivity index (χ1n) is 9.80. The van der Waals surface area contributed by atoms with E-state index in [9.17, 15) is 0 Å². The molecular weight excluding hydrogens is 340 g/mol. The van der Waals surface area contributed by atoms with Crippen molar-refractivity contribution in [2.45, 2.75) is 30.8 Å². The second kappa shape index (κ2) is 6.68. The molecule has 0 amide bonds. The number of para-hydroxylation sites is 1. The van der Waals surface area contributed by atoms with E-state index in [1.807, 2.05) is 6.07 Å². The maximum absolute atomic E-state index is 5.71. The number of benzene rings is 1. The highest BCUT2D eigenvalue weighted by Crippen LogP contribution is 2.49. The van der Waals surface area contributed by atoms with Gasteiger partial charge in [0.05, 0.1) is 14.2 Å². The van der Waals surface area contributed by atoms with Crippen molar-refractivity contribution in [2.75, 3.05) is 38.8 Å². The van der Waals surface area contributed by atoms with E-state index < -0.39 is 0 Å². The summed E-state index contributed by atoms with van der Waals surface area (Å²) in [6, 6.07) is 11.5. The summed E-state index contributed by atoms with van der Waals surface area (Å²) in [5, 5.41) is 0. The minimum Gasteiger partial charge on any atom is -0.496 e. The molecule has 2 bridgehead atoms. The number of anilines is 1. The van der Waals surface area contributed by atoms with Crippen LogP contribution >= 0.6 is 0 Å². The van der Waals surface area contributed by atoms with Gasteiger partial charge in [-0.05, 0) is 37.9 Å². The van der Waals surface area contributed by atoms with E-state index in [1.54, 1.807) is 20.5 Å². The summed E-state index contributed by atoms with van der Waals surface area (Å²) in [7, 11) is 3.43. The van der Waals surface area contributed by atoms with Crippen LogP contribution in [0.2, 0.25) is 0 Å². The molecule has 0 radical (unpaired) electrons. The number of hydrogen-bond donors (Lipinski definition) is 0. The summed E-state index contributed by atoms with van der Waals surface area (Å²) in [5.74, 6) is 3.73. The minimum atomic E-state index is 0.412. The second-order valence-electron chi connectivity index (χ2n) is 7.77. The fraction of sp³-hybridized carbons (Fsp3) is 0.524. The number of aromatic nitrogens is 2. The summed E-state index contributed by atoms with van der Waals surface area (Å²) in [5.41, 5.74) is 1.31. The summed E-state index contributed by atoms with van der Waals surface area (Å²) in [6.45, 7) is 3.36. The lowest BCUT2D eigenvalue weighted by Crippen LogP contribution is -2.60. The number of fused-ring (bicyclic) bond motifs is 2. The topological polar surface area (TPSA) is 50.7 Å². The van der Waals surface area contributed by atoms with Crippen LogP contribution in [0.4, 0.5) is 5.82 Å². The van der Waals surface area contributed by atoms with Gasteiger partial charge in [-0.15, -0.1) is 0 Å². The standard InChI is InChI=1S/C21H26N4O2/c1-26-17-6-4-3-5-15(17)16-12-25(18-11-19(27-2)23-13-22-18)20-14-7-9-24(10-8-14)21(16)20/h3-6,11,13-14,16,20-21H,7-10,12H2,1-2H3/t16-,20+,21+/m1/s1. The zero-order valence-corrected chi connectivity index (χ0v) is 15.9. The molecule has 142 valence electrons. The predicted octanol–water partition coefficient (Wildman–Crippen LogP) is 2.56. The van der Waals surface area contributed by atoms with E-state index in [0.29, 0.717) is 23.9 Å². The van der Waals surface area contributed by atoms with E-state index in [4.69, 9.17) is 9.47 Å². The highest BCUT2D eigenvalue weighted by atomic mass is 16.5. The maximum Gasteiger partial charge on any atom is 0.218 e. The minimum absolute atomic E-state index is 0.412. The van der Waals surface area contributed by atoms with E-state index in [2.05, 4.69) is 44.0 Å². The molecule has 1 aromatic carbocycles. The molecule has 1 aromatic heterocycles. The number of piperidine rings is 3.